The van der Waals surface area contributed by atoms with Gasteiger partial charge < -0.3 is 24.1 Å². The minimum atomic E-state index is -1.39. The van der Waals surface area contributed by atoms with Crippen molar-refractivity contribution in [3.63, 3.8) is 0 Å². The molecule has 0 saturated heterocycles. The smallest absolute Gasteiger partial charge is 0.204 e. The molecule has 0 radical (unpaired) electrons. The van der Waals surface area contributed by atoms with Gasteiger partial charge in [0.15, 0.2) is 23.7 Å². The third kappa shape index (κ3) is 2.88. The Bertz CT molecular complexity index is 802. The lowest BCUT2D eigenvalue weighted by atomic mass is 9.92. The maximum atomic E-state index is 12.8. The van der Waals surface area contributed by atoms with E-state index in [4.69, 9.17) is 30.5 Å². The largest absolute Gasteiger partial charge is 0.493 e. The first kappa shape index (κ1) is 17.4. The molecule has 2 aromatic carbocycles. The van der Waals surface area contributed by atoms with Crippen molar-refractivity contribution in [3.05, 3.63) is 46.5 Å². The van der Waals surface area contributed by atoms with E-state index >= 15 is 0 Å². The van der Waals surface area contributed by atoms with Crippen molar-refractivity contribution in [3.8, 4) is 23.0 Å². The number of rotatable bonds is 4. The van der Waals surface area contributed by atoms with Crippen LogP contribution in [-0.4, -0.2) is 38.3 Å². The fraction of sp³-hybridized carbons (Fsp3) is 0.278. The molecule has 3 rings (SSSR count). The number of halogens is 1. The molecule has 1 aliphatic rings. The molecule has 1 aliphatic heterocycles. The number of carbonyl (C=O) groups is 1. The second kappa shape index (κ2) is 6.82. The van der Waals surface area contributed by atoms with Gasteiger partial charge in [0.2, 0.25) is 11.5 Å². The van der Waals surface area contributed by atoms with Gasteiger partial charge in [-0.05, 0) is 17.7 Å². The van der Waals surface area contributed by atoms with Crippen LogP contribution in [0.25, 0.3) is 0 Å². The molecule has 0 spiro atoms. The molecule has 132 valence electrons. The SMILES string of the molecule is COc1cc2c(c(OC)c1OC)C(=O)C(O)C(c1ccc(Cl)cc1)O2. The zero-order valence-electron chi connectivity index (χ0n) is 13.9. The van der Waals surface area contributed by atoms with Crippen LogP contribution in [0, 0.1) is 0 Å². The highest BCUT2D eigenvalue weighted by atomic mass is 35.5. The van der Waals surface area contributed by atoms with Gasteiger partial charge in [0, 0.05) is 11.1 Å². The molecule has 2 atom stereocenters. The van der Waals surface area contributed by atoms with E-state index in [0.717, 1.165) is 0 Å². The van der Waals surface area contributed by atoms with Crippen LogP contribution in [0.1, 0.15) is 22.0 Å². The standard InChI is InChI=1S/C18H17ClO6/c1-22-12-8-11-13(18(24-3)17(12)23-2)14(20)15(21)16(25-11)9-4-6-10(19)7-5-9/h4-8,15-16,21H,1-3H3. The first-order valence-electron chi connectivity index (χ1n) is 7.49. The van der Waals surface area contributed by atoms with Crippen LogP contribution < -0.4 is 18.9 Å². The summed E-state index contributed by atoms with van der Waals surface area (Å²) in [5.41, 5.74) is 0.752. The lowest BCUT2D eigenvalue weighted by molar-refractivity contribution is 0.0209. The fourth-order valence-corrected chi connectivity index (χ4v) is 2.98. The second-order valence-corrected chi connectivity index (χ2v) is 5.85. The Morgan fingerprint density at radius 1 is 1.04 bits per heavy atom. The van der Waals surface area contributed by atoms with Crippen LogP contribution in [-0.2, 0) is 0 Å². The van der Waals surface area contributed by atoms with Gasteiger partial charge in [-0.3, -0.25) is 4.79 Å². The highest BCUT2D eigenvalue weighted by Gasteiger charge is 2.41. The monoisotopic (exact) mass is 364 g/mol. The summed E-state index contributed by atoms with van der Waals surface area (Å²) >= 11 is 5.89. The maximum Gasteiger partial charge on any atom is 0.204 e. The van der Waals surface area contributed by atoms with E-state index in [0.29, 0.717) is 16.3 Å². The molecule has 0 bridgehead atoms. The zero-order chi connectivity index (χ0) is 18.1. The van der Waals surface area contributed by atoms with E-state index in [2.05, 4.69) is 0 Å². The fourth-order valence-electron chi connectivity index (χ4n) is 2.85. The van der Waals surface area contributed by atoms with Gasteiger partial charge in [0.25, 0.3) is 0 Å². The predicted molar refractivity (Wildman–Crippen MR) is 91.3 cm³/mol. The van der Waals surface area contributed by atoms with Crippen molar-refractivity contribution in [1.82, 2.24) is 0 Å². The van der Waals surface area contributed by atoms with E-state index in [9.17, 15) is 9.90 Å². The number of methoxy groups -OCH3 is 3. The van der Waals surface area contributed by atoms with Crippen LogP contribution >= 0.6 is 11.6 Å². The topological polar surface area (TPSA) is 74.2 Å². The van der Waals surface area contributed by atoms with Gasteiger partial charge in [-0.25, -0.2) is 0 Å². The summed E-state index contributed by atoms with van der Waals surface area (Å²) < 4.78 is 21.8. The van der Waals surface area contributed by atoms with Crippen LogP contribution in [0.2, 0.25) is 5.02 Å². The summed E-state index contributed by atoms with van der Waals surface area (Å²) in [6.45, 7) is 0. The van der Waals surface area contributed by atoms with E-state index in [1.54, 1.807) is 30.3 Å². The van der Waals surface area contributed by atoms with Crippen LogP contribution in [0.4, 0.5) is 0 Å². The molecule has 0 aromatic heterocycles. The van der Waals surface area contributed by atoms with Crippen molar-refractivity contribution in [2.75, 3.05) is 21.3 Å². The number of benzene rings is 2. The van der Waals surface area contributed by atoms with Gasteiger partial charge >= 0.3 is 0 Å². The molecular weight excluding hydrogens is 348 g/mol. The minimum Gasteiger partial charge on any atom is -0.493 e. The third-order valence-corrected chi connectivity index (χ3v) is 4.30. The normalized spacial score (nSPS) is 19.0. The summed E-state index contributed by atoms with van der Waals surface area (Å²) in [7, 11) is 4.32. The first-order valence-corrected chi connectivity index (χ1v) is 7.87. The van der Waals surface area contributed by atoms with Crippen molar-refractivity contribution >= 4 is 17.4 Å². The molecule has 2 aromatic rings. The Morgan fingerprint density at radius 3 is 2.24 bits per heavy atom. The Kier molecular flexibility index (Phi) is 4.74. The lowest BCUT2D eigenvalue weighted by Crippen LogP contribution is -2.36. The summed E-state index contributed by atoms with van der Waals surface area (Å²) in [6.07, 6.45) is -2.25. The molecule has 0 aliphatic carbocycles. The lowest BCUT2D eigenvalue weighted by Gasteiger charge is -2.31. The predicted octanol–water partition coefficient (Wildman–Crippen LogP) is 3.04. The first-order chi connectivity index (χ1) is 12.0. The van der Waals surface area contributed by atoms with E-state index in [-0.39, 0.29) is 22.8 Å². The maximum absolute atomic E-state index is 12.8. The molecular formula is C18H17ClO6. The number of carbonyl (C=O) groups excluding carboxylic acids is 1. The summed E-state index contributed by atoms with van der Waals surface area (Å²) in [5.74, 6) is 0.522. The molecule has 2 unspecified atom stereocenters. The highest BCUT2D eigenvalue weighted by molar-refractivity contribution is 6.30. The van der Waals surface area contributed by atoms with Crippen molar-refractivity contribution in [1.29, 1.82) is 0 Å². The van der Waals surface area contributed by atoms with Crippen molar-refractivity contribution in [2.24, 2.45) is 0 Å². The van der Waals surface area contributed by atoms with Crippen molar-refractivity contribution in [2.45, 2.75) is 12.2 Å². The quantitative estimate of drug-likeness (QED) is 0.898. The molecule has 0 saturated carbocycles. The molecule has 0 fully saturated rings. The molecule has 6 nitrogen and oxygen atoms in total. The number of hydrogen-bond acceptors (Lipinski definition) is 6. The molecule has 0 amide bonds. The average molecular weight is 365 g/mol. The number of ketones is 1. The molecule has 25 heavy (non-hydrogen) atoms. The number of aliphatic hydroxyl groups is 1. The summed E-state index contributed by atoms with van der Waals surface area (Å²) in [6, 6.07) is 8.28. The number of fused-ring (bicyclic) bond motifs is 1. The second-order valence-electron chi connectivity index (χ2n) is 5.42. The van der Waals surface area contributed by atoms with Crippen molar-refractivity contribution < 1.29 is 28.8 Å². The van der Waals surface area contributed by atoms with Gasteiger partial charge in [-0.15, -0.1) is 0 Å². The Morgan fingerprint density at radius 2 is 1.68 bits per heavy atom. The molecule has 1 N–H and O–H groups in total. The van der Waals surface area contributed by atoms with Gasteiger partial charge in [0.1, 0.15) is 11.3 Å². The third-order valence-electron chi connectivity index (χ3n) is 4.05. The minimum absolute atomic E-state index is 0.123. The van der Waals surface area contributed by atoms with Crippen LogP contribution in [0.15, 0.2) is 30.3 Å². The molecule has 7 heteroatoms. The summed E-state index contributed by atoms with van der Waals surface area (Å²) in [4.78, 5) is 12.8. The number of Topliss-reactive ketones (excluding diaryl/α,β-unsaturated/α-hetero) is 1. The number of aliphatic hydroxyl groups excluding tert-OH is 1. The Balaban J connectivity index is 2.13. The van der Waals surface area contributed by atoms with E-state index in [1.165, 1.54) is 21.3 Å². The number of hydrogen-bond donors (Lipinski definition) is 1. The molecule has 1 heterocycles. The van der Waals surface area contributed by atoms with E-state index in [1.807, 2.05) is 0 Å². The average Bonchev–Trinajstić information content (AvgIpc) is 2.63. The van der Waals surface area contributed by atoms with Crippen LogP contribution in [0.3, 0.4) is 0 Å². The Hall–Kier alpha value is -2.44. The van der Waals surface area contributed by atoms with E-state index < -0.39 is 18.0 Å². The van der Waals surface area contributed by atoms with Gasteiger partial charge in [-0.2, -0.15) is 0 Å². The summed E-state index contributed by atoms with van der Waals surface area (Å²) in [5, 5.41) is 11.0. The van der Waals surface area contributed by atoms with Gasteiger partial charge in [-0.1, -0.05) is 23.7 Å². The van der Waals surface area contributed by atoms with Gasteiger partial charge in [0.05, 0.1) is 21.3 Å². The number of ether oxygens (including phenoxy) is 4. The zero-order valence-corrected chi connectivity index (χ0v) is 14.7. The van der Waals surface area contributed by atoms with Crippen LogP contribution in [0.5, 0.6) is 23.0 Å². The Labute approximate surface area is 149 Å². The highest BCUT2D eigenvalue weighted by Crippen LogP contribution is 2.49.